The average Bonchev–Trinajstić information content (AvgIpc) is 3.62. The second-order valence-corrected chi connectivity index (χ2v) is 11.6. The molecule has 1 fully saturated rings. The summed E-state index contributed by atoms with van der Waals surface area (Å²) < 4.78 is 0. The third-order valence-corrected chi connectivity index (χ3v) is 9.49. The van der Waals surface area contributed by atoms with Gasteiger partial charge in [-0.05, 0) is 40.8 Å². The van der Waals surface area contributed by atoms with Gasteiger partial charge in [-0.3, -0.25) is 14.4 Å². The second-order valence-electron chi connectivity index (χ2n) is 9.77. The Morgan fingerprint density at radius 2 is 1.58 bits per heavy atom. The van der Waals surface area contributed by atoms with E-state index in [4.69, 9.17) is 23.2 Å². The maximum Gasteiger partial charge on any atom is 0.195 e. The Hall–Kier alpha value is -3.51. The molecule has 0 radical (unpaired) electrons. The van der Waals surface area contributed by atoms with Gasteiger partial charge in [-0.25, -0.2) is 0 Å². The van der Waals surface area contributed by atoms with Crippen molar-refractivity contribution in [1.29, 1.82) is 0 Å². The second kappa shape index (κ2) is 8.50. The van der Waals surface area contributed by atoms with Gasteiger partial charge in [0.1, 0.15) is 11.5 Å². The minimum absolute atomic E-state index is 0.153. The first-order valence-corrected chi connectivity index (χ1v) is 13.8. The summed E-state index contributed by atoms with van der Waals surface area (Å²) in [5, 5.41) is 2.60. The highest BCUT2D eigenvalue weighted by molar-refractivity contribution is 7.12. The number of halogens is 2. The molecular formula is C31H19Cl2NO3S. The van der Waals surface area contributed by atoms with E-state index in [2.05, 4.69) is 0 Å². The van der Waals surface area contributed by atoms with Gasteiger partial charge in [0.05, 0.1) is 10.9 Å². The third-order valence-electron chi connectivity index (χ3n) is 8.04. The maximum atomic E-state index is 14.6. The molecule has 186 valence electrons. The minimum Gasteiger partial charge on any atom is -0.352 e. The molecule has 3 atom stereocenters. The lowest BCUT2D eigenvalue weighted by molar-refractivity contribution is 0.0666. The van der Waals surface area contributed by atoms with Crippen molar-refractivity contribution < 1.29 is 14.4 Å². The van der Waals surface area contributed by atoms with Gasteiger partial charge in [0, 0.05) is 32.8 Å². The van der Waals surface area contributed by atoms with Gasteiger partial charge in [-0.2, -0.15) is 0 Å². The monoisotopic (exact) mass is 555 g/mol. The number of para-hydroxylation sites is 1. The van der Waals surface area contributed by atoms with Crippen molar-refractivity contribution >= 4 is 63.7 Å². The largest absolute Gasteiger partial charge is 0.352 e. The molecule has 0 saturated carbocycles. The van der Waals surface area contributed by atoms with Crippen LogP contribution in [0.4, 0.5) is 5.69 Å². The molecule has 1 aromatic heterocycles. The molecule has 0 amide bonds. The predicted molar refractivity (Wildman–Crippen MR) is 151 cm³/mol. The molecule has 1 spiro atoms. The first-order valence-electron chi connectivity index (χ1n) is 12.2. The van der Waals surface area contributed by atoms with E-state index in [1.54, 1.807) is 48.5 Å². The van der Waals surface area contributed by atoms with Gasteiger partial charge < -0.3 is 4.90 Å². The van der Waals surface area contributed by atoms with Crippen molar-refractivity contribution in [3.63, 3.8) is 0 Å². The molecule has 0 N–H and O–H groups in total. The van der Waals surface area contributed by atoms with Crippen LogP contribution in [-0.4, -0.2) is 29.4 Å². The van der Waals surface area contributed by atoms with E-state index in [1.165, 1.54) is 11.3 Å². The summed E-state index contributed by atoms with van der Waals surface area (Å²) in [5.74, 6) is -1.57. The molecule has 3 aliphatic rings. The summed E-state index contributed by atoms with van der Waals surface area (Å²) >= 11 is 14.4. The van der Waals surface area contributed by atoms with Gasteiger partial charge in [-0.1, -0.05) is 90.0 Å². The molecule has 0 unspecified atom stereocenters. The van der Waals surface area contributed by atoms with E-state index >= 15 is 0 Å². The van der Waals surface area contributed by atoms with E-state index in [1.807, 2.05) is 52.8 Å². The summed E-state index contributed by atoms with van der Waals surface area (Å²) in [6.45, 7) is 0. The van der Waals surface area contributed by atoms with Crippen LogP contribution in [-0.2, 0) is 0 Å². The third kappa shape index (κ3) is 3.01. The standard InChI is InChI=1S/C31H19Cl2NO3S/c32-18-12-13-21(22(33)16-18)26-27(28(35)24-10-5-15-38-24)34-23-9-4-1-6-17(23)11-14-25(34)31(26)29(36)19-7-2-3-8-20(19)30(31)37/h1-16,25-27H/t25-,26+,27+/m1/s1. The quantitative estimate of drug-likeness (QED) is 0.195. The van der Waals surface area contributed by atoms with Gasteiger partial charge in [-0.15, -0.1) is 11.3 Å². The number of carbonyl (C=O) groups is 3. The van der Waals surface area contributed by atoms with Crippen LogP contribution >= 0.6 is 34.5 Å². The van der Waals surface area contributed by atoms with Crippen molar-refractivity contribution in [2.24, 2.45) is 5.41 Å². The topological polar surface area (TPSA) is 54.5 Å². The Morgan fingerprint density at radius 1 is 0.868 bits per heavy atom. The molecule has 7 heteroatoms. The summed E-state index contributed by atoms with van der Waals surface area (Å²) in [5.41, 5.74) is 1.45. The summed E-state index contributed by atoms with van der Waals surface area (Å²) in [7, 11) is 0. The number of rotatable bonds is 3. The molecule has 1 aliphatic carbocycles. The number of carbonyl (C=O) groups excluding carboxylic acids is 3. The molecule has 2 aliphatic heterocycles. The first kappa shape index (κ1) is 23.6. The Bertz CT molecular complexity index is 1660. The van der Waals surface area contributed by atoms with Crippen LogP contribution in [0, 0.1) is 5.41 Å². The number of ketones is 3. The van der Waals surface area contributed by atoms with Crippen LogP contribution in [0.2, 0.25) is 10.0 Å². The minimum atomic E-state index is -1.58. The molecule has 38 heavy (non-hydrogen) atoms. The van der Waals surface area contributed by atoms with Gasteiger partial charge in [0.25, 0.3) is 0 Å². The predicted octanol–water partition coefficient (Wildman–Crippen LogP) is 7.37. The van der Waals surface area contributed by atoms with Crippen molar-refractivity contribution in [1.82, 2.24) is 0 Å². The Balaban J connectivity index is 1.58. The zero-order valence-electron chi connectivity index (χ0n) is 19.8. The highest BCUT2D eigenvalue weighted by Crippen LogP contribution is 2.61. The highest BCUT2D eigenvalue weighted by atomic mass is 35.5. The Kier molecular flexibility index (Phi) is 5.28. The van der Waals surface area contributed by atoms with Crippen molar-refractivity contribution in [2.45, 2.75) is 18.0 Å². The van der Waals surface area contributed by atoms with Crippen LogP contribution in [0.3, 0.4) is 0 Å². The zero-order chi connectivity index (χ0) is 26.2. The fourth-order valence-corrected chi connectivity index (χ4v) is 7.80. The number of hydrogen-bond acceptors (Lipinski definition) is 5. The van der Waals surface area contributed by atoms with E-state index in [9.17, 15) is 14.4 Å². The van der Waals surface area contributed by atoms with Crippen LogP contribution < -0.4 is 4.90 Å². The van der Waals surface area contributed by atoms with Crippen LogP contribution in [0.25, 0.3) is 6.08 Å². The fraction of sp³-hybridized carbons (Fsp3) is 0.129. The van der Waals surface area contributed by atoms with Crippen LogP contribution in [0.5, 0.6) is 0 Å². The number of anilines is 1. The average molecular weight is 556 g/mol. The number of nitrogens with zero attached hydrogens (tertiary/aromatic N) is 1. The molecule has 4 aromatic rings. The van der Waals surface area contributed by atoms with Crippen molar-refractivity contribution in [3.8, 4) is 0 Å². The molecule has 7 rings (SSSR count). The molecular weight excluding hydrogens is 537 g/mol. The lowest BCUT2D eigenvalue weighted by atomic mass is 9.64. The normalized spacial score (nSPS) is 22.5. The van der Waals surface area contributed by atoms with Gasteiger partial charge in [0.2, 0.25) is 0 Å². The number of thiophene rings is 1. The van der Waals surface area contributed by atoms with E-state index in [0.29, 0.717) is 31.6 Å². The lowest BCUT2D eigenvalue weighted by Crippen LogP contribution is -2.48. The summed E-state index contributed by atoms with van der Waals surface area (Å²) in [4.78, 5) is 46.1. The molecule has 3 heterocycles. The number of hydrogen-bond donors (Lipinski definition) is 0. The van der Waals surface area contributed by atoms with Crippen molar-refractivity contribution in [2.75, 3.05) is 4.90 Å². The fourth-order valence-electron chi connectivity index (χ4n) is 6.58. The van der Waals surface area contributed by atoms with E-state index in [-0.39, 0.29) is 17.3 Å². The first-order chi connectivity index (χ1) is 18.4. The number of Topliss-reactive ketones (excluding diaryl/α,β-unsaturated/α-hetero) is 3. The number of benzene rings is 3. The number of fused-ring (bicyclic) bond motifs is 5. The zero-order valence-corrected chi connectivity index (χ0v) is 22.1. The molecule has 0 bridgehead atoms. The summed E-state index contributed by atoms with van der Waals surface area (Å²) in [6.07, 6.45) is 3.85. The lowest BCUT2D eigenvalue weighted by Gasteiger charge is -2.37. The molecule has 1 saturated heterocycles. The molecule has 3 aromatic carbocycles. The van der Waals surface area contributed by atoms with Gasteiger partial charge in [0.15, 0.2) is 17.3 Å². The maximum absolute atomic E-state index is 14.6. The van der Waals surface area contributed by atoms with Crippen molar-refractivity contribution in [3.05, 3.63) is 127 Å². The van der Waals surface area contributed by atoms with E-state index < -0.39 is 23.4 Å². The van der Waals surface area contributed by atoms with Gasteiger partial charge >= 0.3 is 0 Å². The molecule has 4 nitrogen and oxygen atoms in total. The van der Waals surface area contributed by atoms with E-state index in [0.717, 1.165) is 11.3 Å². The SMILES string of the molecule is O=C(c1cccs1)[C@@H]1[C@H](c2ccc(Cl)cc2Cl)C2(C(=O)c3ccccc3C2=O)[C@H]2C=Cc3ccccc3N12. The van der Waals surface area contributed by atoms with Crippen LogP contribution in [0.15, 0.2) is 90.3 Å². The Morgan fingerprint density at radius 3 is 2.26 bits per heavy atom. The van der Waals surface area contributed by atoms with Crippen LogP contribution in [0.1, 0.15) is 47.4 Å². The summed E-state index contributed by atoms with van der Waals surface area (Å²) in [6, 6.07) is 21.8. The Labute approximate surface area is 233 Å². The highest BCUT2D eigenvalue weighted by Gasteiger charge is 2.71. The smallest absolute Gasteiger partial charge is 0.195 e.